The standard InChI is InChI=1S/C16H22ClNO/c1-12(2)9-10-18(13-7-8-13)11-16(19)14-5-3-4-6-15(14)17/h3-6,12-13H,7-11H2,1-2H3. The summed E-state index contributed by atoms with van der Waals surface area (Å²) in [7, 11) is 0. The van der Waals surface area contributed by atoms with Crippen molar-refractivity contribution in [3.63, 3.8) is 0 Å². The van der Waals surface area contributed by atoms with Crippen molar-refractivity contribution in [2.24, 2.45) is 5.92 Å². The first kappa shape index (κ1) is 14.5. The molecule has 1 aliphatic rings. The smallest absolute Gasteiger partial charge is 0.178 e. The summed E-state index contributed by atoms with van der Waals surface area (Å²) in [5.41, 5.74) is 0.652. The maximum atomic E-state index is 12.3. The average molecular weight is 280 g/mol. The number of hydrogen-bond acceptors (Lipinski definition) is 2. The zero-order valence-corrected chi connectivity index (χ0v) is 12.5. The van der Waals surface area contributed by atoms with Crippen molar-refractivity contribution in [2.45, 2.75) is 39.2 Å². The van der Waals surface area contributed by atoms with Gasteiger partial charge in [-0.15, -0.1) is 0 Å². The molecule has 0 radical (unpaired) electrons. The van der Waals surface area contributed by atoms with Crippen LogP contribution in [0.2, 0.25) is 5.02 Å². The summed E-state index contributed by atoms with van der Waals surface area (Å²) in [6.45, 7) is 5.96. The second-order valence-corrected chi connectivity index (χ2v) is 6.19. The number of rotatable bonds is 7. The fraction of sp³-hybridized carbons (Fsp3) is 0.562. The van der Waals surface area contributed by atoms with Gasteiger partial charge in [-0.2, -0.15) is 0 Å². The third-order valence-electron chi connectivity index (χ3n) is 3.58. The Bertz CT molecular complexity index is 440. The summed E-state index contributed by atoms with van der Waals surface area (Å²) in [4.78, 5) is 14.7. The SMILES string of the molecule is CC(C)CCN(CC(=O)c1ccccc1Cl)C1CC1. The minimum Gasteiger partial charge on any atom is -0.293 e. The third kappa shape index (κ3) is 4.32. The summed E-state index contributed by atoms with van der Waals surface area (Å²) in [5, 5.41) is 0.562. The number of carbonyl (C=O) groups excluding carboxylic acids is 1. The van der Waals surface area contributed by atoms with Crippen LogP contribution in [0.3, 0.4) is 0 Å². The zero-order valence-electron chi connectivity index (χ0n) is 11.7. The molecular formula is C16H22ClNO. The van der Waals surface area contributed by atoms with Crippen LogP contribution in [-0.2, 0) is 0 Å². The monoisotopic (exact) mass is 279 g/mol. The first-order chi connectivity index (χ1) is 9.08. The molecule has 0 bridgehead atoms. The van der Waals surface area contributed by atoms with Crippen molar-refractivity contribution in [1.82, 2.24) is 4.90 Å². The first-order valence-corrected chi connectivity index (χ1v) is 7.47. The van der Waals surface area contributed by atoms with Gasteiger partial charge in [-0.05, 0) is 43.9 Å². The molecule has 1 aromatic rings. The molecule has 0 amide bonds. The summed E-state index contributed by atoms with van der Waals surface area (Å²) >= 11 is 6.09. The molecule has 3 heteroatoms. The van der Waals surface area contributed by atoms with E-state index >= 15 is 0 Å². The van der Waals surface area contributed by atoms with Crippen LogP contribution in [0.15, 0.2) is 24.3 Å². The lowest BCUT2D eigenvalue weighted by molar-refractivity contribution is 0.0921. The molecule has 0 unspecified atom stereocenters. The van der Waals surface area contributed by atoms with E-state index in [1.54, 1.807) is 6.07 Å². The van der Waals surface area contributed by atoms with E-state index in [9.17, 15) is 4.79 Å². The molecule has 0 N–H and O–H groups in total. The Morgan fingerprint density at radius 3 is 2.63 bits per heavy atom. The molecule has 0 atom stereocenters. The molecule has 104 valence electrons. The van der Waals surface area contributed by atoms with Crippen LogP contribution in [0.25, 0.3) is 0 Å². The van der Waals surface area contributed by atoms with Gasteiger partial charge in [0.1, 0.15) is 0 Å². The lowest BCUT2D eigenvalue weighted by Gasteiger charge is -2.22. The second-order valence-electron chi connectivity index (χ2n) is 5.79. The van der Waals surface area contributed by atoms with Crippen molar-refractivity contribution < 1.29 is 4.79 Å². The van der Waals surface area contributed by atoms with Crippen LogP contribution in [0.1, 0.15) is 43.5 Å². The molecule has 0 spiro atoms. The summed E-state index contributed by atoms with van der Waals surface area (Å²) in [5.74, 6) is 0.818. The molecule has 0 aromatic heterocycles. The summed E-state index contributed by atoms with van der Waals surface area (Å²) in [6, 6.07) is 7.94. The van der Waals surface area contributed by atoms with Gasteiger partial charge in [0.15, 0.2) is 5.78 Å². The molecule has 2 rings (SSSR count). The zero-order chi connectivity index (χ0) is 13.8. The second kappa shape index (κ2) is 6.53. The van der Waals surface area contributed by atoms with Gasteiger partial charge < -0.3 is 0 Å². The Hall–Kier alpha value is -0.860. The fourth-order valence-corrected chi connectivity index (χ4v) is 2.45. The third-order valence-corrected chi connectivity index (χ3v) is 3.91. The highest BCUT2D eigenvalue weighted by molar-refractivity contribution is 6.34. The van der Waals surface area contributed by atoms with Gasteiger partial charge in [0, 0.05) is 11.6 Å². The Balaban J connectivity index is 1.97. The molecule has 1 aliphatic carbocycles. The molecular weight excluding hydrogens is 258 g/mol. The van der Waals surface area contributed by atoms with Crippen molar-refractivity contribution in [3.05, 3.63) is 34.9 Å². The van der Waals surface area contributed by atoms with E-state index < -0.39 is 0 Å². The number of halogens is 1. The van der Waals surface area contributed by atoms with Gasteiger partial charge in [0.05, 0.1) is 11.6 Å². The van der Waals surface area contributed by atoms with Gasteiger partial charge >= 0.3 is 0 Å². The maximum Gasteiger partial charge on any atom is 0.178 e. The van der Waals surface area contributed by atoms with E-state index in [2.05, 4.69) is 18.7 Å². The van der Waals surface area contributed by atoms with Gasteiger partial charge in [-0.25, -0.2) is 0 Å². The van der Waals surface area contributed by atoms with E-state index in [0.717, 1.165) is 13.0 Å². The van der Waals surface area contributed by atoms with E-state index in [0.29, 0.717) is 29.1 Å². The molecule has 19 heavy (non-hydrogen) atoms. The molecule has 0 heterocycles. The predicted octanol–water partition coefficient (Wildman–Crippen LogP) is 4.03. The summed E-state index contributed by atoms with van der Waals surface area (Å²) in [6.07, 6.45) is 3.61. The lowest BCUT2D eigenvalue weighted by atomic mass is 10.1. The lowest BCUT2D eigenvalue weighted by Crippen LogP contribution is -2.33. The van der Waals surface area contributed by atoms with Crippen LogP contribution in [0.5, 0.6) is 0 Å². The minimum absolute atomic E-state index is 0.140. The quantitative estimate of drug-likeness (QED) is 0.702. The van der Waals surface area contributed by atoms with Crippen molar-refractivity contribution in [1.29, 1.82) is 0 Å². The van der Waals surface area contributed by atoms with Crippen LogP contribution >= 0.6 is 11.6 Å². The Kier molecular flexibility index (Phi) is 5.00. The number of ketones is 1. The Morgan fingerprint density at radius 1 is 1.37 bits per heavy atom. The number of benzene rings is 1. The highest BCUT2D eigenvalue weighted by Crippen LogP contribution is 2.28. The molecule has 0 saturated heterocycles. The number of nitrogens with zero attached hydrogens (tertiary/aromatic N) is 1. The maximum absolute atomic E-state index is 12.3. The van der Waals surface area contributed by atoms with Crippen LogP contribution in [0, 0.1) is 5.92 Å². The average Bonchev–Trinajstić information content (AvgIpc) is 3.18. The first-order valence-electron chi connectivity index (χ1n) is 7.09. The Labute approximate surface area is 120 Å². The predicted molar refractivity (Wildman–Crippen MR) is 79.8 cm³/mol. The van der Waals surface area contributed by atoms with Gasteiger partial charge in [-0.3, -0.25) is 9.69 Å². The van der Waals surface area contributed by atoms with E-state index in [4.69, 9.17) is 11.6 Å². The van der Waals surface area contributed by atoms with Crippen molar-refractivity contribution >= 4 is 17.4 Å². The molecule has 0 aliphatic heterocycles. The van der Waals surface area contributed by atoms with Gasteiger partial charge in [-0.1, -0.05) is 37.6 Å². The summed E-state index contributed by atoms with van der Waals surface area (Å²) < 4.78 is 0. The molecule has 1 aromatic carbocycles. The van der Waals surface area contributed by atoms with Gasteiger partial charge in [0.2, 0.25) is 0 Å². The largest absolute Gasteiger partial charge is 0.293 e. The number of hydrogen-bond donors (Lipinski definition) is 0. The number of Topliss-reactive ketones (excluding diaryl/α,β-unsaturated/α-hetero) is 1. The highest BCUT2D eigenvalue weighted by atomic mass is 35.5. The van der Waals surface area contributed by atoms with Crippen LogP contribution in [0.4, 0.5) is 0 Å². The molecule has 1 fully saturated rings. The minimum atomic E-state index is 0.140. The van der Waals surface area contributed by atoms with Crippen molar-refractivity contribution in [3.8, 4) is 0 Å². The molecule has 2 nitrogen and oxygen atoms in total. The Morgan fingerprint density at radius 2 is 2.05 bits per heavy atom. The van der Waals surface area contributed by atoms with Crippen LogP contribution in [-0.4, -0.2) is 29.8 Å². The van der Waals surface area contributed by atoms with Gasteiger partial charge in [0.25, 0.3) is 0 Å². The number of carbonyl (C=O) groups is 1. The van der Waals surface area contributed by atoms with Crippen LogP contribution < -0.4 is 0 Å². The van der Waals surface area contributed by atoms with E-state index in [1.165, 1.54) is 12.8 Å². The fourth-order valence-electron chi connectivity index (χ4n) is 2.21. The van der Waals surface area contributed by atoms with E-state index in [-0.39, 0.29) is 5.78 Å². The highest BCUT2D eigenvalue weighted by Gasteiger charge is 2.30. The van der Waals surface area contributed by atoms with E-state index in [1.807, 2.05) is 18.2 Å². The van der Waals surface area contributed by atoms with Crippen molar-refractivity contribution in [2.75, 3.05) is 13.1 Å². The normalized spacial score (nSPS) is 15.2. The topological polar surface area (TPSA) is 20.3 Å². The molecule has 1 saturated carbocycles.